The van der Waals surface area contributed by atoms with Crippen molar-refractivity contribution in [2.24, 2.45) is 0 Å². The number of nitrogens with one attached hydrogen (secondary N) is 1. The summed E-state index contributed by atoms with van der Waals surface area (Å²) in [4.78, 5) is 0. The summed E-state index contributed by atoms with van der Waals surface area (Å²) in [5, 5.41) is 3.88. The van der Waals surface area contributed by atoms with E-state index in [0.29, 0.717) is 18.0 Å². The fourth-order valence-electron chi connectivity index (χ4n) is 3.59. The van der Waals surface area contributed by atoms with Gasteiger partial charge in [-0.3, -0.25) is 0 Å². The van der Waals surface area contributed by atoms with Crippen LogP contribution in [-0.4, -0.2) is 6.04 Å². The van der Waals surface area contributed by atoms with E-state index >= 15 is 0 Å². The molecule has 0 saturated heterocycles. The number of benzene rings is 2. The Hall–Kier alpha value is -1.60. The Balaban J connectivity index is 1.73. The van der Waals surface area contributed by atoms with Crippen molar-refractivity contribution in [1.82, 2.24) is 5.32 Å². The zero-order valence-corrected chi connectivity index (χ0v) is 12.8. The molecular formula is C20H25N. The molecule has 1 saturated carbocycles. The van der Waals surface area contributed by atoms with Crippen LogP contribution >= 0.6 is 0 Å². The van der Waals surface area contributed by atoms with Gasteiger partial charge in [0.25, 0.3) is 0 Å². The molecule has 1 heteroatoms. The molecule has 1 N–H and O–H groups in total. The lowest BCUT2D eigenvalue weighted by Crippen LogP contribution is -2.38. The third-order valence-electron chi connectivity index (χ3n) is 4.76. The third kappa shape index (κ3) is 3.54. The molecule has 0 aliphatic heterocycles. The Labute approximate surface area is 128 Å². The lowest BCUT2D eigenvalue weighted by atomic mass is 9.79. The first-order valence-corrected chi connectivity index (χ1v) is 8.20. The van der Waals surface area contributed by atoms with Gasteiger partial charge in [-0.2, -0.15) is 0 Å². The van der Waals surface area contributed by atoms with Crippen LogP contribution in [0.4, 0.5) is 0 Å². The first-order chi connectivity index (χ1) is 10.3. The topological polar surface area (TPSA) is 12.0 Å². The van der Waals surface area contributed by atoms with E-state index in [1.165, 1.54) is 36.8 Å². The van der Waals surface area contributed by atoms with Crippen LogP contribution in [0.1, 0.15) is 55.7 Å². The molecule has 1 nitrogen and oxygen atoms in total. The van der Waals surface area contributed by atoms with E-state index in [1.807, 2.05) is 0 Å². The molecule has 3 atom stereocenters. The fraction of sp³-hybridized carbons (Fsp3) is 0.400. The van der Waals surface area contributed by atoms with E-state index in [-0.39, 0.29) is 0 Å². The molecule has 21 heavy (non-hydrogen) atoms. The molecule has 2 aromatic rings. The van der Waals surface area contributed by atoms with E-state index in [1.54, 1.807) is 0 Å². The van der Waals surface area contributed by atoms with Gasteiger partial charge < -0.3 is 5.32 Å². The van der Waals surface area contributed by atoms with Gasteiger partial charge >= 0.3 is 0 Å². The largest absolute Gasteiger partial charge is 0.307 e. The van der Waals surface area contributed by atoms with E-state index < -0.39 is 0 Å². The van der Waals surface area contributed by atoms with E-state index in [0.717, 1.165) is 0 Å². The van der Waals surface area contributed by atoms with Gasteiger partial charge in [-0.25, -0.2) is 0 Å². The number of rotatable bonds is 4. The summed E-state index contributed by atoms with van der Waals surface area (Å²) in [5.74, 6) is 0.658. The van der Waals surface area contributed by atoms with E-state index in [2.05, 4.69) is 72.9 Å². The average Bonchev–Trinajstić information content (AvgIpc) is 2.57. The normalized spacial score (nSPS) is 23.7. The molecular weight excluding hydrogens is 254 g/mol. The van der Waals surface area contributed by atoms with Crippen molar-refractivity contribution < 1.29 is 0 Å². The zero-order valence-electron chi connectivity index (χ0n) is 12.8. The summed E-state index contributed by atoms with van der Waals surface area (Å²) in [6.07, 6.45) is 5.31. The highest BCUT2D eigenvalue weighted by molar-refractivity contribution is 5.23. The third-order valence-corrected chi connectivity index (χ3v) is 4.76. The van der Waals surface area contributed by atoms with Crippen LogP contribution in [-0.2, 0) is 0 Å². The molecule has 1 aliphatic rings. The Bertz CT molecular complexity index is 534. The zero-order chi connectivity index (χ0) is 14.5. The Kier molecular flexibility index (Phi) is 4.72. The second-order valence-electron chi connectivity index (χ2n) is 6.21. The van der Waals surface area contributed by atoms with Gasteiger partial charge in [-0.05, 0) is 36.8 Å². The van der Waals surface area contributed by atoms with Gasteiger partial charge in [0, 0.05) is 12.1 Å². The van der Waals surface area contributed by atoms with Crippen LogP contribution in [0.5, 0.6) is 0 Å². The lowest BCUT2D eigenvalue weighted by Gasteiger charge is -2.35. The molecule has 0 spiro atoms. The van der Waals surface area contributed by atoms with Crippen LogP contribution in [0.25, 0.3) is 0 Å². The Morgan fingerprint density at radius 3 is 2.19 bits per heavy atom. The first-order valence-electron chi connectivity index (χ1n) is 8.20. The summed E-state index contributed by atoms with van der Waals surface area (Å²) in [7, 11) is 0. The minimum Gasteiger partial charge on any atom is -0.307 e. The summed E-state index contributed by atoms with van der Waals surface area (Å²) >= 11 is 0. The van der Waals surface area contributed by atoms with Gasteiger partial charge in [-0.1, -0.05) is 73.5 Å². The molecule has 0 aromatic heterocycles. The van der Waals surface area contributed by atoms with Crippen LogP contribution in [0.3, 0.4) is 0 Å². The quantitative estimate of drug-likeness (QED) is 0.824. The Morgan fingerprint density at radius 2 is 1.48 bits per heavy atom. The van der Waals surface area contributed by atoms with Crippen molar-refractivity contribution in [3.05, 3.63) is 71.8 Å². The van der Waals surface area contributed by atoms with Gasteiger partial charge in [0.1, 0.15) is 0 Å². The molecule has 2 aromatic carbocycles. The van der Waals surface area contributed by atoms with Crippen molar-refractivity contribution in [3.63, 3.8) is 0 Å². The fourth-order valence-corrected chi connectivity index (χ4v) is 3.59. The molecule has 1 aliphatic carbocycles. The minimum atomic E-state index is 0.417. The van der Waals surface area contributed by atoms with E-state index in [9.17, 15) is 0 Å². The van der Waals surface area contributed by atoms with Crippen molar-refractivity contribution in [1.29, 1.82) is 0 Å². The molecule has 0 heterocycles. The predicted octanol–water partition coefficient (Wildman–Crippen LogP) is 5.06. The molecule has 2 unspecified atom stereocenters. The number of hydrogen-bond donors (Lipinski definition) is 1. The highest BCUT2D eigenvalue weighted by Crippen LogP contribution is 2.34. The lowest BCUT2D eigenvalue weighted by molar-refractivity contribution is 0.306. The second-order valence-corrected chi connectivity index (χ2v) is 6.21. The average molecular weight is 279 g/mol. The minimum absolute atomic E-state index is 0.417. The van der Waals surface area contributed by atoms with Gasteiger partial charge in [-0.15, -0.1) is 0 Å². The van der Waals surface area contributed by atoms with Crippen molar-refractivity contribution in [3.8, 4) is 0 Å². The maximum atomic E-state index is 3.88. The smallest absolute Gasteiger partial charge is 0.0294 e. The highest BCUT2D eigenvalue weighted by Gasteiger charge is 2.27. The number of hydrogen-bond acceptors (Lipinski definition) is 1. The molecule has 0 bridgehead atoms. The maximum absolute atomic E-state index is 3.88. The van der Waals surface area contributed by atoms with Crippen molar-refractivity contribution in [2.75, 3.05) is 0 Å². The van der Waals surface area contributed by atoms with Gasteiger partial charge in [0.2, 0.25) is 0 Å². The predicted molar refractivity (Wildman–Crippen MR) is 89.4 cm³/mol. The van der Waals surface area contributed by atoms with Crippen LogP contribution in [0, 0.1) is 0 Å². The molecule has 1 fully saturated rings. The Morgan fingerprint density at radius 1 is 0.857 bits per heavy atom. The molecule has 0 amide bonds. The van der Waals surface area contributed by atoms with Crippen molar-refractivity contribution in [2.45, 2.75) is 50.6 Å². The molecule has 110 valence electrons. The second kappa shape index (κ2) is 6.91. The maximum Gasteiger partial charge on any atom is 0.0294 e. The summed E-state index contributed by atoms with van der Waals surface area (Å²) in [5.41, 5.74) is 2.88. The van der Waals surface area contributed by atoms with E-state index in [4.69, 9.17) is 0 Å². The summed E-state index contributed by atoms with van der Waals surface area (Å²) < 4.78 is 0. The van der Waals surface area contributed by atoms with Gasteiger partial charge in [0.15, 0.2) is 0 Å². The van der Waals surface area contributed by atoms with Crippen LogP contribution < -0.4 is 5.32 Å². The molecule has 3 rings (SSSR count). The van der Waals surface area contributed by atoms with Crippen LogP contribution in [0.15, 0.2) is 60.7 Å². The standard InChI is InChI=1S/C20H25N/c1-16(17-10-4-2-5-11-17)21-20-15-9-8-14-19(20)18-12-6-3-7-13-18/h2-7,10-13,16,19-21H,8-9,14-15H2,1H3/t16-,19?,20?/m1/s1. The molecule has 0 radical (unpaired) electrons. The first kappa shape index (κ1) is 14.3. The summed E-state index contributed by atoms with van der Waals surface area (Å²) in [6.45, 7) is 2.28. The van der Waals surface area contributed by atoms with Crippen LogP contribution in [0.2, 0.25) is 0 Å². The SMILES string of the molecule is C[C@@H](NC1CCCCC1c1ccccc1)c1ccccc1. The van der Waals surface area contributed by atoms with Gasteiger partial charge in [0.05, 0.1) is 0 Å². The summed E-state index contributed by atoms with van der Waals surface area (Å²) in [6, 6.07) is 22.8. The van der Waals surface area contributed by atoms with Crippen molar-refractivity contribution >= 4 is 0 Å². The highest BCUT2D eigenvalue weighted by atomic mass is 15.0. The monoisotopic (exact) mass is 279 g/mol.